The number of hydrogen-bond donors (Lipinski definition) is 0. The fourth-order valence-electron chi connectivity index (χ4n) is 6.41. The molecule has 138 valence electrons. The van der Waals surface area contributed by atoms with E-state index in [0.29, 0.717) is 12.0 Å². The van der Waals surface area contributed by atoms with E-state index in [9.17, 15) is 0 Å². The molecule has 1 saturated heterocycles. The Bertz CT molecular complexity index is 799. The summed E-state index contributed by atoms with van der Waals surface area (Å²) in [5.41, 5.74) is 2.99. The smallest absolute Gasteiger partial charge is 0.166 e. The van der Waals surface area contributed by atoms with Crippen molar-refractivity contribution in [3.63, 3.8) is 0 Å². The van der Waals surface area contributed by atoms with Crippen LogP contribution in [0.3, 0.4) is 0 Å². The molecule has 1 aromatic rings. The molecule has 6 rings (SSSR count). The Morgan fingerprint density at radius 2 is 2.12 bits per heavy atom. The van der Waals surface area contributed by atoms with Crippen LogP contribution in [0.5, 0.6) is 11.5 Å². The molecular formula is C22H27NO3. The molecular weight excluding hydrogens is 326 g/mol. The Morgan fingerprint density at radius 1 is 1.23 bits per heavy atom. The first-order chi connectivity index (χ1) is 12.8. The minimum atomic E-state index is 0.0159. The van der Waals surface area contributed by atoms with Crippen LogP contribution in [0.15, 0.2) is 24.0 Å². The first-order valence-electron chi connectivity index (χ1n) is 10.1. The van der Waals surface area contributed by atoms with E-state index in [1.165, 1.54) is 43.5 Å². The van der Waals surface area contributed by atoms with E-state index in [-0.39, 0.29) is 11.5 Å². The largest absolute Gasteiger partial charge is 0.497 e. The van der Waals surface area contributed by atoms with Gasteiger partial charge in [-0.3, -0.25) is 4.90 Å². The molecule has 0 amide bonds. The van der Waals surface area contributed by atoms with Crippen molar-refractivity contribution in [3.05, 3.63) is 35.1 Å². The predicted octanol–water partition coefficient (Wildman–Crippen LogP) is 3.28. The average Bonchev–Trinajstić information content (AvgIpc) is 3.41. The topological polar surface area (TPSA) is 30.9 Å². The highest BCUT2D eigenvalue weighted by Crippen LogP contribution is 2.64. The van der Waals surface area contributed by atoms with E-state index in [4.69, 9.17) is 14.2 Å². The van der Waals surface area contributed by atoms with Gasteiger partial charge in [-0.25, -0.2) is 0 Å². The molecule has 0 radical (unpaired) electrons. The summed E-state index contributed by atoms with van der Waals surface area (Å²) in [7, 11) is 3.53. The predicted molar refractivity (Wildman–Crippen MR) is 98.7 cm³/mol. The molecule has 2 heterocycles. The minimum absolute atomic E-state index is 0.0159. The number of methoxy groups -OCH3 is 2. The van der Waals surface area contributed by atoms with Crippen molar-refractivity contribution in [2.45, 2.75) is 49.7 Å². The fourth-order valence-corrected chi connectivity index (χ4v) is 6.41. The van der Waals surface area contributed by atoms with Gasteiger partial charge in [-0.05, 0) is 68.2 Å². The standard InChI is InChI=1S/C22H27NO3/c1-24-17-7-5-14-11-16-15-6-8-18(25-2)21-22(15,19(14)20(17)26-21)9-10-23(16)12-13-3-4-13/h5,7-8,13,15-16,21H,3-4,6,9-12H2,1-2H3/t15?,16?,21?,22-/m0/s1. The van der Waals surface area contributed by atoms with Gasteiger partial charge in [0, 0.05) is 23.6 Å². The molecule has 0 N–H and O–H groups in total. The van der Waals surface area contributed by atoms with Crippen LogP contribution in [-0.2, 0) is 16.6 Å². The van der Waals surface area contributed by atoms with Crippen LogP contribution < -0.4 is 9.47 Å². The summed E-state index contributed by atoms with van der Waals surface area (Å²) in [5, 5.41) is 0. The van der Waals surface area contributed by atoms with E-state index in [0.717, 1.165) is 36.0 Å². The zero-order valence-electron chi connectivity index (χ0n) is 15.7. The summed E-state index contributed by atoms with van der Waals surface area (Å²) in [5.74, 6) is 4.45. The highest BCUT2D eigenvalue weighted by molar-refractivity contribution is 5.62. The molecule has 26 heavy (non-hydrogen) atoms. The number of piperidine rings is 1. The van der Waals surface area contributed by atoms with Crippen molar-refractivity contribution >= 4 is 0 Å². The lowest BCUT2D eigenvalue weighted by molar-refractivity contribution is -0.0376. The second-order valence-corrected chi connectivity index (χ2v) is 8.78. The van der Waals surface area contributed by atoms with Crippen molar-refractivity contribution in [1.29, 1.82) is 0 Å². The minimum Gasteiger partial charge on any atom is -0.497 e. The number of likely N-dealkylation sites (tertiary alicyclic amines) is 1. The molecule has 3 unspecified atom stereocenters. The number of ether oxygens (including phenoxy) is 3. The maximum Gasteiger partial charge on any atom is 0.166 e. The zero-order chi connectivity index (χ0) is 17.5. The number of hydrogen-bond acceptors (Lipinski definition) is 4. The molecule has 3 aliphatic carbocycles. The summed E-state index contributed by atoms with van der Waals surface area (Å²) >= 11 is 0. The molecule has 4 heteroatoms. The molecule has 1 spiro atoms. The van der Waals surface area contributed by atoms with Gasteiger partial charge >= 0.3 is 0 Å². The first kappa shape index (κ1) is 15.4. The van der Waals surface area contributed by atoms with Crippen molar-refractivity contribution in [3.8, 4) is 11.5 Å². The van der Waals surface area contributed by atoms with E-state index < -0.39 is 0 Å². The Morgan fingerprint density at radius 3 is 2.88 bits per heavy atom. The first-order valence-corrected chi connectivity index (χ1v) is 10.1. The SMILES string of the molecule is COC1=CCC2C3Cc4ccc(OC)c5c4[C@@]2(CCN3CC2CC2)C1O5. The molecule has 2 bridgehead atoms. The number of rotatable bonds is 4. The van der Waals surface area contributed by atoms with Gasteiger partial charge < -0.3 is 14.2 Å². The molecule has 4 atom stereocenters. The number of allylic oxidation sites excluding steroid dienone is 1. The van der Waals surface area contributed by atoms with Crippen LogP contribution in [0, 0.1) is 11.8 Å². The number of benzene rings is 1. The van der Waals surface area contributed by atoms with Gasteiger partial charge in [0.1, 0.15) is 5.76 Å². The Labute approximate surface area is 155 Å². The van der Waals surface area contributed by atoms with Crippen molar-refractivity contribution in [2.24, 2.45) is 11.8 Å². The van der Waals surface area contributed by atoms with Gasteiger partial charge in [0.05, 0.1) is 14.2 Å². The third kappa shape index (κ3) is 1.79. The van der Waals surface area contributed by atoms with Gasteiger partial charge in [-0.2, -0.15) is 0 Å². The van der Waals surface area contributed by atoms with Crippen LogP contribution in [0.25, 0.3) is 0 Å². The second kappa shape index (κ2) is 5.19. The van der Waals surface area contributed by atoms with Crippen molar-refractivity contribution in [1.82, 2.24) is 4.90 Å². The normalized spacial score (nSPS) is 36.8. The van der Waals surface area contributed by atoms with Gasteiger partial charge in [0.25, 0.3) is 0 Å². The van der Waals surface area contributed by atoms with E-state index >= 15 is 0 Å². The summed E-state index contributed by atoms with van der Waals surface area (Å²) in [4.78, 5) is 2.81. The lowest BCUT2D eigenvalue weighted by Gasteiger charge is -2.57. The van der Waals surface area contributed by atoms with Crippen LogP contribution in [0.1, 0.15) is 36.8 Å². The fraction of sp³-hybridized carbons (Fsp3) is 0.636. The molecule has 2 aliphatic heterocycles. The molecule has 2 fully saturated rings. The quantitative estimate of drug-likeness (QED) is 0.831. The second-order valence-electron chi connectivity index (χ2n) is 8.78. The Kier molecular flexibility index (Phi) is 3.07. The van der Waals surface area contributed by atoms with Gasteiger partial charge in [-0.1, -0.05) is 6.07 Å². The molecule has 5 aliphatic rings. The molecule has 1 aromatic carbocycles. The van der Waals surface area contributed by atoms with Crippen molar-refractivity contribution in [2.75, 3.05) is 27.3 Å². The van der Waals surface area contributed by atoms with Gasteiger partial charge in [0.2, 0.25) is 0 Å². The van der Waals surface area contributed by atoms with Gasteiger partial charge in [-0.15, -0.1) is 0 Å². The lowest BCUT2D eigenvalue weighted by atomic mass is 9.53. The highest BCUT2D eigenvalue weighted by atomic mass is 16.6. The van der Waals surface area contributed by atoms with E-state index in [1.807, 2.05) is 0 Å². The third-order valence-electron chi connectivity index (χ3n) is 7.69. The maximum absolute atomic E-state index is 6.60. The summed E-state index contributed by atoms with van der Waals surface area (Å²) in [6, 6.07) is 5.02. The van der Waals surface area contributed by atoms with Crippen LogP contribution in [0.4, 0.5) is 0 Å². The summed E-state index contributed by atoms with van der Waals surface area (Å²) in [6.45, 7) is 2.48. The van der Waals surface area contributed by atoms with E-state index in [2.05, 4.69) is 23.1 Å². The Balaban J connectivity index is 1.53. The molecule has 1 saturated carbocycles. The maximum atomic E-state index is 6.60. The summed E-state index contributed by atoms with van der Waals surface area (Å²) in [6.07, 6.45) is 8.58. The summed E-state index contributed by atoms with van der Waals surface area (Å²) < 4.78 is 18.1. The highest BCUT2D eigenvalue weighted by Gasteiger charge is 2.65. The van der Waals surface area contributed by atoms with Crippen LogP contribution in [-0.4, -0.2) is 44.4 Å². The van der Waals surface area contributed by atoms with Gasteiger partial charge in [0.15, 0.2) is 17.6 Å². The van der Waals surface area contributed by atoms with Crippen molar-refractivity contribution < 1.29 is 14.2 Å². The molecule has 4 nitrogen and oxygen atoms in total. The van der Waals surface area contributed by atoms with E-state index in [1.54, 1.807) is 14.2 Å². The average molecular weight is 353 g/mol. The lowest BCUT2D eigenvalue weighted by Crippen LogP contribution is -2.64. The number of nitrogens with zero attached hydrogens (tertiary/aromatic N) is 1. The third-order valence-corrected chi connectivity index (χ3v) is 7.69. The molecule has 0 aromatic heterocycles. The van der Waals surface area contributed by atoms with Crippen LogP contribution >= 0.6 is 0 Å². The van der Waals surface area contributed by atoms with Crippen LogP contribution in [0.2, 0.25) is 0 Å². The zero-order valence-corrected chi connectivity index (χ0v) is 15.7. The monoisotopic (exact) mass is 353 g/mol. The Hall–Kier alpha value is -1.68.